The fourth-order valence-corrected chi connectivity index (χ4v) is 1.47. The van der Waals surface area contributed by atoms with E-state index >= 15 is 0 Å². The molecule has 0 saturated heterocycles. The van der Waals surface area contributed by atoms with Crippen LogP contribution in [0.5, 0.6) is 0 Å². The Morgan fingerprint density at radius 2 is 2.19 bits per heavy atom. The van der Waals surface area contributed by atoms with E-state index in [4.69, 9.17) is 0 Å². The van der Waals surface area contributed by atoms with Gasteiger partial charge in [0.1, 0.15) is 5.69 Å². The summed E-state index contributed by atoms with van der Waals surface area (Å²) in [5.41, 5.74) is 1.66. The molecule has 1 heterocycles. The lowest BCUT2D eigenvalue weighted by Gasteiger charge is -2.04. The van der Waals surface area contributed by atoms with Crippen LogP contribution in [0.3, 0.4) is 0 Å². The van der Waals surface area contributed by atoms with Gasteiger partial charge in [-0.1, -0.05) is 25.8 Å². The standard InChI is InChI=1S/C13H20N2O/c1-3-4-5-8-14-9-12-6-7-13(11(2)16)15-10-12/h6-7,10,14H,3-5,8-9H2,1-2H3. The van der Waals surface area contributed by atoms with E-state index in [0.717, 1.165) is 18.7 Å². The van der Waals surface area contributed by atoms with Crippen LogP contribution in [-0.4, -0.2) is 17.3 Å². The highest BCUT2D eigenvalue weighted by Gasteiger charge is 2.00. The minimum atomic E-state index is 0.0162. The van der Waals surface area contributed by atoms with Crippen molar-refractivity contribution in [3.63, 3.8) is 0 Å². The summed E-state index contributed by atoms with van der Waals surface area (Å²) < 4.78 is 0. The third-order valence-corrected chi connectivity index (χ3v) is 2.47. The molecule has 0 fully saturated rings. The Labute approximate surface area is 97.3 Å². The normalized spacial score (nSPS) is 10.4. The number of carbonyl (C=O) groups is 1. The Hall–Kier alpha value is -1.22. The molecule has 0 bridgehead atoms. The van der Waals surface area contributed by atoms with Crippen LogP contribution in [0, 0.1) is 0 Å². The Morgan fingerprint density at radius 1 is 1.38 bits per heavy atom. The largest absolute Gasteiger partial charge is 0.313 e. The van der Waals surface area contributed by atoms with Crippen LogP contribution >= 0.6 is 0 Å². The molecule has 0 aliphatic heterocycles. The number of carbonyl (C=O) groups excluding carboxylic acids is 1. The smallest absolute Gasteiger partial charge is 0.178 e. The molecule has 1 N–H and O–H groups in total. The number of ketones is 1. The van der Waals surface area contributed by atoms with Crippen molar-refractivity contribution in [2.45, 2.75) is 39.7 Å². The van der Waals surface area contributed by atoms with Crippen molar-refractivity contribution in [1.29, 1.82) is 0 Å². The second-order valence-electron chi connectivity index (χ2n) is 3.99. The zero-order valence-electron chi connectivity index (χ0n) is 10.1. The predicted molar refractivity (Wildman–Crippen MR) is 65.5 cm³/mol. The molecule has 0 aromatic carbocycles. The maximum Gasteiger partial charge on any atom is 0.178 e. The fourth-order valence-electron chi connectivity index (χ4n) is 1.47. The first-order valence-electron chi connectivity index (χ1n) is 5.90. The van der Waals surface area contributed by atoms with Gasteiger partial charge in [0.25, 0.3) is 0 Å². The minimum absolute atomic E-state index is 0.0162. The molecule has 0 unspecified atom stereocenters. The monoisotopic (exact) mass is 220 g/mol. The summed E-state index contributed by atoms with van der Waals surface area (Å²) in [6, 6.07) is 3.74. The van der Waals surface area contributed by atoms with Gasteiger partial charge in [-0.2, -0.15) is 0 Å². The molecule has 88 valence electrons. The maximum atomic E-state index is 11.0. The summed E-state index contributed by atoms with van der Waals surface area (Å²) >= 11 is 0. The van der Waals surface area contributed by atoms with Crippen molar-refractivity contribution in [2.75, 3.05) is 6.54 Å². The first kappa shape index (κ1) is 12.8. The highest BCUT2D eigenvalue weighted by molar-refractivity contribution is 5.91. The van der Waals surface area contributed by atoms with Crippen LogP contribution < -0.4 is 5.32 Å². The topological polar surface area (TPSA) is 42.0 Å². The van der Waals surface area contributed by atoms with Crippen molar-refractivity contribution < 1.29 is 4.79 Å². The molecule has 16 heavy (non-hydrogen) atoms. The number of Topliss-reactive ketones (excluding diaryl/α,β-unsaturated/α-hetero) is 1. The van der Waals surface area contributed by atoms with Gasteiger partial charge in [0.2, 0.25) is 0 Å². The van der Waals surface area contributed by atoms with Gasteiger partial charge in [0, 0.05) is 19.7 Å². The molecule has 0 aliphatic carbocycles. The molecule has 0 amide bonds. The van der Waals surface area contributed by atoms with Crippen molar-refractivity contribution in [3.8, 4) is 0 Å². The molecule has 1 aromatic heterocycles. The second kappa shape index (κ2) is 7.12. The van der Waals surface area contributed by atoms with E-state index in [1.54, 1.807) is 12.3 Å². The van der Waals surface area contributed by atoms with Crippen molar-refractivity contribution in [2.24, 2.45) is 0 Å². The average molecular weight is 220 g/mol. The van der Waals surface area contributed by atoms with E-state index in [1.165, 1.54) is 26.2 Å². The Balaban J connectivity index is 2.29. The number of rotatable bonds is 7. The van der Waals surface area contributed by atoms with Crippen LogP contribution in [0.1, 0.15) is 49.2 Å². The zero-order chi connectivity index (χ0) is 11.8. The first-order chi connectivity index (χ1) is 7.74. The number of hydrogen-bond acceptors (Lipinski definition) is 3. The molecule has 0 aliphatic rings. The molecular formula is C13H20N2O. The first-order valence-corrected chi connectivity index (χ1v) is 5.90. The predicted octanol–water partition coefficient (Wildman–Crippen LogP) is 2.56. The van der Waals surface area contributed by atoms with Gasteiger partial charge in [-0.3, -0.25) is 9.78 Å². The molecule has 0 spiro atoms. The van der Waals surface area contributed by atoms with E-state index < -0.39 is 0 Å². The van der Waals surface area contributed by atoms with Gasteiger partial charge < -0.3 is 5.32 Å². The molecule has 0 atom stereocenters. The Bertz CT molecular complexity index is 319. The quantitative estimate of drug-likeness (QED) is 0.567. The summed E-state index contributed by atoms with van der Waals surface area (Å²) in [5.74, 6) is 0.0162. The summed E-state index contributed by atoms with van der Waals surface area (Å²) in [4.78, 5) is 15.1. The molecule has 0 radical (unpaired) electrons. The lowest BCUT2D eigenvalue weighted by Crippen LogP contribution is -2.14. The van der Waals surface area contributed by atoms with E-state index in [1.807, 2.05) is 6.07 Å². The van der Waals surface area contributed by atoms with Crippen molar-refractivity contribution in [3.05, 3.63) is 29.6 Å². The van der Waals surface area contributed by atoms with Gasteiger partial charge >= 0.3 is 0 Å². The lowest BCUT2D eigenvalue weighted by molar-refractivity contribution is 0.101. The van der Waals surface area contributed by atoms with Gasteiger partial charge in [0.05, 0.1) is 0 Å². The van der Waals surface area contributed by atoms with Gasteiger partial charge in [-0.25, -0.2) is 0 Å². The number of aromatic nitrogens is 1. The Morgan fingerprint density at radius 3 is 2.75 bits per heavy atom. The number of hydrogen-bond donors (Lipinski definition) is 1. The highest BCUT2D eigenvalue weighted by atomic mass is 16.1. The number of nitrogens with zero attached hydrogens (tertiary/aromatic N) is 1. The summed E-state index contributed by atoms with van der Waals surface area (Å²) in [7, 11) is 0. The summed E-state index contributed by atoms with van der Waals surface area (Å²) in [6.45, 7) is 5.60. The second-order valence-corrected chi connectivity index (χ2v) is 3.99. The van der Waals surface area contributed by atoms with E-state index in [2.05, 4.69) is 17.2 Å². The van der Waals surface area contributed by atoms with E-state index in [-0.39, 0.29) is 5.78 Å². The van der Waals surface area contributed by atoms with Crippen LogP contribution in [0.15, 0.2) is 18.3 Å². The minimum Gasteiger partial charge on any atom is -0.313 e. The number of pyridine rings is 1. The average Bonchev–Trinajstić information content (AvgIpc) is 2.29. The fraction of sp³-hybridized carbons (Fsp3) is 0.538. The van der Waals surface area contributed by atoms with E-state index in [9.17, 15) is 4.79 Å². The van der Waals surface area contributed by atoms with E-state index in [0.29, 0.717) is 5.69 Å². The molecule has 3 nitrogen and oxygen atoms in total. The van der Waals surface area contributed by atoms with Crippen LogP contribution in [0.2, 0.25) is 0 Å². The van der Waals surface area contributed by atoms with Gasteiger partial charge in [0.15, 0.2) is 5.78 Å². The summed E-state index contributed by atoms with van der Waals surface area (Å²) in [5, 5.41) is 3.36. The highest BCUT2D eigenvalue weighted by Crippen LogP contribution is 2.01. The van der Waals surface area contributed by atoms with Crippen molar-refractivity contribution in [1.82, 2.24) is 10.3 Å². The van der Waals surface area contributed by atoms with Crippen LogP contribution in [-0.2, 0) is 6.54 Å². The zero-order valence-corrected chi connectivity index (χ0v) is 10.1. The maximum absolute atomic E-state index is 11.0. The molecule has 1 rings (SSSR count). The Kier molecular flexibility index (Phi) is 5.72. The van der Waals surface area contributed by atoms with Crippen molar-refractivity contribution >= 4 is 5.78 Å². The SMILES string of the molecule is CCCCCNCc1ccc(C(C)=O)nc1. The molecular weight excluding hydrogens is 200 g/mol. The molecule has 1 aromatic rings. The number of unbranched alkanes of at least 4 members (excludes halogenated alkanes) is 2. The van der Waals surface area contributed by atoms with Gasteiger partial charge in [-0.15, -0.1) is 0 Å². The lowest BCUT2D eigenvalue weighted by atomic mass is 10.2. The third kappa shape index (κ3) is 4.53. The number of nitrogens with one attached hydrogen (secondary N) is 1. The molecule has 3 heteroatoms. The van der Waals surface area contributed by atoms with Gasteiger partial charge in [-0.05, 0) is 24.6 Å². The third-order valence-electron chi connectivity index (χ3n) is 2.47. The van der Waals surface area contributed by atoms with Crippen LogP contribution in [0.4, 0.5) is 0 Å². The van der Waals surface area contributed by atoms with Crippen LogP contribution in [0.25, 0.3) is 0 Å². The summed E-state index contributed by atoms with van der Waals surface area (Å²) in [6.07, 6.45) is 5.50. The molecule has 0 saturated carbocycles.